The lowest BCUT2D eigenvalue weighted by Gasteiger charge is -2.16. The minimum absolute atomic E-state index is 0.152. The summed E-state index contributed by atoms with van der Waals surface area (Å²) in [6, 6.07) is 9.43. The minimum Gasteiger partial charge on any atom is -0.323 e. The maximum Gasteiger partial charge on any atom is 0.244 e. The summed E-state index contributed by atoms with van der Waals surface area (Å²) in [5.74, 6) is -1.03. The average molecular weight is 347 g/mol. The fourth-order valence-corrected chi connectivity index (χ4v) is 4.60. The van der Waals surface area contributed by atoms with E-state index in [2.05, 4.69) is 10.3 Å². The number of nitrogens with one attached hydrogen (secondary N) is 1. The number of carbonyl (C=O) groups excluding carboxylic acids is 3. The molecule has 2 aliphatic carbocycles. The van der Waals surface area contributed by atoms with Crippen LogP contribution in [-0.2, 0) is 14.4 Å². The summed E-state index contributed by atoms with van der Waals surface area (Å²) in [5.41, 5.74) is 1.39. The van der Waals surface area contributed by atoms with Gasteiger partial charge in [-0.2, -0.15) is 0 Å². The molecule has 6 heteroatoms. The molecule has 1 aromatic carbocycles. The highest BCUT2D eigenvalue weighted by molar-refractivity contribution is 6.09. The minimum atomic E-state index is -0.385. The lowest BCUT2D eigenvalue weighted by Crippen LogP contribution is -2.39. The Morgan fingerprint density at radius 1 is 1.12 bits per heavy atom. The number of para-hydroxylation sites is 1. The molecule has 0 unspecified atom stereocenters. The number of anilines is 1. The molecule has 5 rings (SSSR count). The van der Waals surface area contributed by atoms with Crippen molar-refractivity contribution < 1.29 is 14.4 Å². The Labute approximate surface area is 149 Å². The van der Waals surface area contributed by atoms with Crippen molar-refractivity contribution in [3.63, 3.8) is 0 Å². The van der Waals surface area contributed by atoms with E-state index in [4.69, 9.17) is 0 Å². The van der Waals surface area contributed by atoms with Crippen LogP contribution in [0.5, 0.6) is 0 Å². The van der Waals surface area contributed by atoms with Gasteiger partial charge >= 0.3 is 0 Å². The van der Waals surface area contributed by atoms with Gasteiger partial charge in [-0.25, -0.2) is 0 Å². The molecule has 1 N–H and O–H groups in total. The van der Waals surface area contributed by atoms with Gasteiger partial charge in [0.1, 0.15) is 6.54 Å². The summed E-state index contributed by atoms with van der Waals surface area (Å²) in [6.07, 6.45) is 6.55. The lowest BCUT2D eigenvalue weighted by atomic mass is 9.85. The summed E-state index contributed by atoms with van der Waals surface area (Å²) in [7, 11) is 0. The van der Waals surface area contributed by atoms with Crippen molar-refractivity contribution in [1.29, 1.82) is 0 Å². The van der Waals surface area contributed by atoms with Gasteiger partial charge in [-0.1, -0.05) is 30.4 Å². The number of fused-ring (bicyclic) bond motifs is 6. The molecule has 2 aromatic rings. The van der Waals surface area contributed by atoms with Crippen LogP contribution in [0.1, 0.15) is 6.42 Å². The smallest absolute Gasteiger partial charge is 0.244 e. The number of imide groups is 1. The van der Waals surface area contributed by atoms with Gasteiger partial charge in [-0.15, -0.1) is 0 Å². The molecule has 4 atom stereocenters. The Kier molecular flexibility index (Phi) is 3.22. The normalized spacial score (nSPS) is 28.8. The summed E-state index contributed by atoms with van der Waals surface area (Å²) in [5, 5.41) is 3.66. The van der Waals surface area contributed by atoms with E-state index in [0.717, 1.165) is 22.2 Å². The number of rotatable bonds is 3. The number of nitrogens with zero attached hydrogens (tertiary/aromatic N) is 2. The monoisotopic (exact) mass is 347 g/mol. The largest absolute Gasteiger partial charge is 0.323 e. The third kappa shape index (κ3) is 2.18. The van der Waals surface area contributed by atoms with E-state index in [1.165, 1.54) is 0 Å². The molecule has 0 spiro atoms. The van der Waals surface area contributed by atoms with Gasteiger partial charge in [-0.3, -0.25) is 24.3 Å². The number of benzene rings is 1. The van der Waals surface area contributed by atoms with Crippen molar-refractivity contribution in [3.05, 3.63) is 48.7 Å². The summed E-state index contributed by atoms with van der Waals surface area (Å²) >= 11 is 0. The first-order valence-electron chi connectivity index (χ1n) is 8.80. The number of amides is 3. The molecule has 1 saturated heterocycles. The number of aromatic nitrogens is 1. The van der Waals surface area contributed by atoms with E-state index in [1.807, 2.05) is 42.5 Å². The number of pyridine rings is 1. The van der Waals surface area contributed by atoms with Crippen LogP contribution in [0.4, 0.5) is 5.69 Å². The second-order valence-corrected chi connectivity index (χ2v) is 7.23. The highest BCUT2D eigenvalue weighted by Crippen LogP contribution is 2.52. The zero-order chi connectivity index (χ0) is 17.8. The molecule has 2 bridgehead atoms. The van der Waals surface area contributed by atoms with Gasteiger partial charge in [-0.05, 0) is 30.4 Å². The van der Waals surface area contributed by atoms with Crippen LogP contribution in [-0.4, -0.2) is 34.2 Å². The van der Waals surface area contributed by atoms with Crippen LogP contribution in [0.25, 0.3) is 10.9 Å². The van der Waals surface area contributed by atoms with E-state index < -0.39 is 0 Å². The van der Waals surface area contributed by atoms with Crippen molar-refractivity contribution >= 4 is 34.3 Å². The third-order valence-electron chi connectivity index (χ3n) is 5.74. The van der Waals surface area contributed by atoms with Gasteiger partial charge in [0.15, 0.2) is 0 Å². The van der Waals surface area contributed by atoms with Gasteiger partial charge in [0, 0.05) is 5.39 Å². The fourth-order valence-electron chi connectivity index (χ4n) is 4.60. The topological polar surface area (TPSA) is 79.4 Å². The molecule has 1 aliphatic heterocycles. The average Bonchev–Trinajstić information content (AvgIpc) is 3.32. The molecule has 0 radical (unpaired) electrons. The predicted molar refractivity (Wildman–Crippen MR) is 94.8 cm³/mol. The number of carbonyl (C=O) groups is 3. The van der Waals surface area contributed by atoms with Crippen molar-refractivity contribution in [2.75, 3.05) is 11.9 Å². The maximum absolute atomic E-state index is 12.6. The second kappa shape index (κ2) is 5.49. The molecule has 3 amide bonds. The van der Waals surface area contributed by atoms with Crippen LogP contribution in [0, 0.1) is 23.7 Å². The third-order valence-corrected chi connectivity index (χ3v) is 5.74. The molecular formula is C20H17N3O3. The van der Waals surface area contributed by atoms with Crippen molar-refractivity contribution in [2.24, 2.45) is 23.7 Å². The summed E-state index contributed by atoms with van der Waals surface area (Å²) in [4.78, 5) is 43.1. The van der Waals surface area contributed by atoms with Gasteiger partial charge in [0.05, 0.1) is 29.2 Å². The molecule has 130 valence electrons. The highest BCUT2D eigenvalue weighted by Gasteiger charge is 2.59. The zero-order valence-electron chi connectivity index (χ0n) is 14.0. The molecule has 1 saturated carbocycles. The molecule has 1 aromatic heterocycles. The Bertz CT molecular complexity index is 953. The van der Waals surface area contributed by atoms with Crippen LogP contribution < -0.4 is 5.32 Å². The molecule has 2 fully saturated rings. The van der Waals surface area contributed by atoms with Gasteiger partial charge < -0.3 is 5.32 Å². The second-order valence-electron chi connectivity index (χ2n) is 7.23. The van der Waals surface area contributed by atoms with Crippen LogP contribution in [0.15, 0.2) is 48.7 Å². The molecule has 6 nitrogen and oxygen atoms in total. The Morgan fingerprint density at radius 2 is 1.81 bits per heavy atom. The molecular weight excluding hydrogens is 330 g/mol. The van der Waals surface area contributed by atoms with E-state index in [9.17, 15) is 14.4 Å². The fraction of sp³-hybridized carbons (Fsp3) is 0.300. The number of allylic oxidation sites excluding steroid dienone is 2. The summed E-state index contributed by atoms with van der Waals surface area (Å²) < 4.78 is 0. The number of likely N-dealkylation sites (tertiary alicyclic amines) is 1. The maximum atomic E-state index is 12.6. The van der Waals surface area contributed by atoms with E-state index in [1.54, 1.807) is 6.20 Å². The standard InChI is InChI=1S/C20H17N3O3/c24-16(22-14-8-11-3-1-2-4-15(11)21-9-14)10-23-19(25)17-12-5-6-13(7-12)18(17)20(23)26/h1-6,8-9,12-13,17-18H,7,10H2,(H,22,24)/t12-,13-,17+,18+/m0/s1. The van der Waals surface area contributed by atoms with Crippen LogP contribution in [0.2, 0.25) is 0 Å². The Balaban J connectivity index is 1.31. The Hall–Kier alpha value is -3.02. The molecule has 26 heavy (non-hydrogen) atoms. The van der Waals surface area contributed by atoms with Crippen molar-refractivity contribution in [1.82, 2.24) is 9.88 Å². The van der Waals surface area contributed by atoms with E-state index >= 15 is 0 Å². The van der Waals surface area contributed by atoms with Crippen molar-refractivity contribution in [2.45, 2.75) is 6.42 Å². The van der Waals surface area contributed by atoms with Crippen LogP contribution >= 0.6 is 0 Å². The zero-order valence-corrected chi connectivity index (χ0v) is 14.0. The van der Waals surface area contributed by atoms with Gasteiger partial charge in [0.2, 0.25) is 17.7 Å². The van der Waals surface area contributed by atoms with E-state index in [0.29, 0.717) is 5.69 Å². The molecule has 3 aliphatic rings. The summed E-state index contributed by atoms with van der Waals surface area (Å²) in [6.45, 7) is -0.239. The Morgan fingerprint density at radius 3 is 2.54 bits per heavy atom. The lowest BCUT2D eigenvalue weighted by molar-refractivity contribution is -0.143. The quantitative estimate of drug-likeness (QED) is 0.680. The highest BCUT2D eigenvalue weighted by atomic mass is 16.2. The first-order chi connectivity index (χ1) is 12.6. The van der Waals surface area contributed by atoms with Crippen LogP contribution in [0.3, 0.4) is 0 Å². The predicted octanol–water partition coefficient (Wildman–Crippen LogP) is 1.98. The molecule has 2 heterocycles. The first-order valence-corrected chi connectivity index (χ1v) is 8.80. The van der Waals surface area contributed by atoms with E-state index in [-0.39, 0.29) is 47.9 Å². The SMILES string of the molecule is O=C(CN1C(=O)[C@H]2[C@H](C1=O)[C@H]1C=C[C@H]2C1)Nc1cnc2ccccc2c1. The van der Waals surface area contributed by atoms with Crippen molar-refractivity contribution in [3.8, 4) is 0 Å². The number of hydrogen-bond donors (Lipinski definition) is 1. The number of hydrogen-bond acceptors (Lipinski definition) is 4. The first kappa shape index (κ1) is 15.3. The van der Waals surface area contributed by atoms with Gasteiger partial charge in [0.25, 0.3) is 0 Å².